The zero-order valence-electron chi connectivity index (χ0n) is 7.06. The van der Waals surface area contributed by atoms with E-state index in [0.717, 1.165) is 0 Å². The molecule has 0 atom stereocenters. The molecule has 0 aliphatic carbocycles. The topological polar surface area (TPSA) is 20.3 Å². The molecule has 1 aliphatic heterocycles. The van der Waals surface area contributed by atoms with Crippen molar-refractivity contribution in [1.82, 2.24) is 0 Å². The van der Waals surface area contributed by atoms with Gasteiger partial charge in [0, 0.05) is 13.0 Å². The standard InChI is InChI=1S/C9H6Cl3NO/c10-5-3-7(12)8(4-6(5)11)13-2-1-9(13)14/h3-4H,1-2H2. The highest BCUT2D eigenvalue weighted by atomic mass is 35.5. The van der Waals surface area contributed by atoms with Crippen LogP contribution in [0.25, 0.3) is 0 Å². The lowest BCUT2D eigenvalue weighted by atomic mass is 10.1. The van der Waals surface area contributed by atoms with Crippen molar-refractivity contribution in [2.24, 2.45) is 0 Å². The first-order valence-electron chi connectivity index (χ1n) is 4.04. The Hall–Kier alpha value is -0.440. The largest absolute Gasteiger partial charge is 0.310 e. The van der Waals surface area contributed by atoms with Crippen LogP contribution in [-0.2, 0) is 4.79 Å². The van der Waals surface area contributed by atoms with E-state index >= 15 is 0 Å². The maximum absolute atomic E-state index is 11.2. The number of hydrogen-bond acceptors (Lipinski definition) is 1. The van der Waals surface area contributed by atoms with E-state index in [1.165, 1.54) is 0 Å². The van der Waals surface area contributed by atoms with Crippen LogP contribution in [0.15, 0.2) is 12.1 Å². The van der Waals surface area contributed by atoms with Gasteiger partial charge in [0.25, 0.3) is 0 Å². The van der Waals surface area contributed by atoms with Gasteiger partial charge in [-0.2, -0.15) is 0 Å². The molecule has 1 aromatic carbocycles. The third kappa shape index (κ3) is 1.58. The fraction of sp³-hybridized carbons (Fsp3) is 0.222. The molecular weight excluding hydrogens is 244 g/mol. The van der Waals surface area contributed by atoms with Crippen molar-refractivity contribution in [1.29, 1.82) is 0 Å². The Balaban J connectivity index is 2.43. The van der Waals surface area contributed by atoms with E-state index in [1.807, 2.05) is 0 Å². The number of carbonyl (C=O) groups excluding carboxylic acids is 1. The summed E-state index contributed by atoms with van der Waals surface area (Å²) < 4.78 is 0. The van der Waals surface area contributed by atoms with Gasteiger partial charge < -0.3 is 4.90 Å². The minimum Gasteiger partial charge on any atom is -0.310 e. The maximum atomic E-state index is 11.2. The minimum atomic E-state index is 0.0605. The Kier molecular flexibility index (Phi) is 2.60. The number of β-lactam (4-membered cyclic amide) rings is 1. The maximum Gasteiger partial charge on any atom is 0.228 e. The fourth-order valence-corrected chi connectivity index (χ4v) is 1.93. The molecule has 0 bridgehead atoms. The lowest BCUT2D eigenvalue weighted by Gasteiger charge is -2.31. The van der Waals surface area contributed by atoms with Gasteiger partial charge in [0.05, 0.1) is 20.8 Å². The second kappa shape index (κ2) is 3.61. The van der Waals surface area contributed by atoms with Gasteiger partial charge in [0.15, 0.2) is 0 Å². The zero-order valence-corrected chi connectivity index (χ0v) is 9.33. The van der Waals surface area contributed by atoms with Crippen molar-refractivity contribution in [3.8, 4) is 0 Å². The minimum absolute atomic E-state index is 0.0605. The highest BCUT2D eigenvalue weighted by Gasteiger charge is 2.27. The van der Waals surface area contributed by atoms with Crippen LogP contribution in [0.3, 0.4) is 0 Å². The molecule has 1 aromatic rings. The Labute approximate surface area is 96.4 Å². The summed E-state index contributed by atoms with van der Waals surface area (Å²) in [5.74, 6) is 0.0605. The summed E-state index contributed by atoms with van der Waals surface area (Å²) in [5.41, 5.74) is 0.636. The molecule has 1 fully saturated rings. The zero-order chi connectivity index (χ0) is 10.3. The number of nitrogens with zero attached hydrogens (tertiary/aromatic N) is 1. The van der Waals surface area contributed by atoms with Crippen molar-refractivity contribution in [2.75, 3.05) is 11.4 Å². The average molecular weight is 251 g/mol. The number of amides is 1. The molecule has 1 amide bonds. The van der Waals surface area contributed by atoms with Crippen LogP contribution in [0.5, 0.6) is 0 Å². The molecular formula is C9H6Cl3NO. The van der Waals surface area contributed by atoms with Gasteiger partial charge in [0.1, 0.15) is 0 Å². The van der Waals surface area contributed by atoms with E-state index in [1.54, 1.807) is 17.0 Å². The molecule has 2 nitrogen and oxygen atoms in total. The van der Waals surface area contributed by atoms with Gasteiger partial charge in [-0.1, -0.05) is 34.8 Å². The first-order valence-corrected chi connectivity index (χ1v) is 5.18. The predicted molar refractivity (Wildman–Crippen MR) is 58.4 cm³/mol. The summed E-state index contributed by atoms with van der Waals surface area (Å²) in [6, 6.07) is 3.16. The van der Waals surface area contributed by atoms with Crippen LogP contribution in [0, 0.1) is 0 Å². The molecule has 0 radical (unpaired) electrons. The van der Waals surface area contributed by atoms with Crippen molar-refractivity contribution in [3.63, 3.8) is 0 Å². The van der Waals surface area contributed by atoms with Gasteiger partial charge in [0.2, 0.25) is 5.91 Å². The van der Waals surface area contributed by atoms with Crippen LogP contribution >= 0.6 is 34.8 Å². The van der Waals surface area contributed by atoms with Crippen molar-refractivity contribution >= 4 is 46.4 Å². The summed E-state index contributed by atoms with van der Waals surface area (Å²) in [4.78, 5) is 12.8. The predicted octanol–water partition coefficient (Wildman–Crippen LogP) is 3.38. The molecule has 0 N–H and O–H groups in total. The molecule has 1 heterocycles. The third-order valence-corrected chi connectivity index (χ3v) is 3.16. The molecule has 0 unspecified atom stereocenters. The normalized spacial score (nSPS) is 15.6. The summed E-state index contributed by atoms with van der Waals surface area (Å²) in [7, 11) is 0. The monoisotopic (exact) mass is 249 g/mol. The second-order valence-corrected chi connectivity index (χ2v) is 4.23. The number of benzene rings is 1. The van der Waals surface area contributed by atoms with E-state index in [0.29, 0.717) is 33.7 Å². The molecule has 14 heavy (non-hydrogen) atoms. The van der Waals surface area contributed by atoms with E-state index in [9.17, 15) is 4.79 Å². The number of hydrogen-bond donors (Lipinski definition) is 0. The van der Waals surface area contributed by atoms with Gasteiger partial charge in [-0.25, -0.2) is 0 Å². The molecule has 0 aromatic heterocycles. The molecule has 1 saturated heterocycles. The Morgan fingerprint density at radius 2 is 1.71 bits per heavy atom. The quantitative estimate of drug-likeness (QED) is 0.553. The SMILES string of the molecule is O=C1CCN1c1cc(Cl)c(Cl)cc1Cl. The van der Waals surface area contributed by atoms with Gasteiger partial charge in [-0.15, -0.1) is 0 Å². The molecule has 5 heteroatoms. The number of rotatable bonds is 1. The van der Waals surface area contributed by atoms with Crippen LogP contribution in [0.2, 0.25) is 15.1 Å². The summed E-state index contributed by atoms with van der Waals surface area (Å²) in [5, 5.41) is 1.26. The van der Waals surface area contributed by atoms with Crippen LogP contribution in [0.4, 0.5) is 5.69 Å². The lowest BCUT2D eigenvalue weighted by molar-refractivity contribution is -0.122. The van der Waals surface area contributed by atoms with E-state index in [2.05, 4.69) is 0 Å². The summed E-state index contributed by atoms with van der Waals surface area (Å²) >= 11 is 17.5. The number of anilines is 1. The average Bonchev–Trinajstić information content (AvgIpc) is 2.12. The van der Waals surface area contributed by atoms with Gasteiger partial charge >= 0.3 is 0 Å². The van der Waals surface area contributed by atoms with Gasteiger partial charge in [-0.3, -0.25) is 4.79 Å². The Bertz CT molecular complexity index is 405. The second-order valence-electron chi connectivity index (χ2n) is 3.01. The lowest BCUT2D eigenvalue weighted by Crippen LogP contribution is -2.43. The molecule has 74 valence electrons. The van der Waals surface area contributed by atoms with Crippen LogP contribution < -0.4 is 4.90 Å². The third-order valence-electron chi connectivity index (χ3n) is 2.13. The van der Waals surface area contributed by atoms with E-state index in [4.69, 9.17) is 34.8 Å². The summed E-state index contributed by atoms with van der Waals surface area (Å²) in [6.07, 6.45) is 0.566. The van der Waals surface area contributed by atoms with E-state index in [-0.39, 0.29) is 5.91 Å². The van der Waals surface area contributed by atoms with Crippen molar-refractivity contribution in [2.45, 2.75) is 6.42 Å². The van der Waals surface area contributed by atoms with Crippen molar-refractivity contribution < 1.29 is 4.79 Å². The Morgan fingerprint density at radius 3 is 2.21 bits per heavy atom. The molecule has 0 spiro atoms. The first kappa shape index (κ1) is 10.1. The highest BCUT2D eigenvalue weighted by molar-refractivity contribution is 6.44. The van der Waals surface area contributed by atoms with E-state index < -0.39 is 0 Å². The Morgan fingerprint density at radius 1 is 1.07 bits per heavy atom. The van der Waals surface area contributed by atoms with Crippen molar-refractivity contribution in [3.05, 3.63) is 27.2 Å². The highest BCUT2D eigenvalue weighted by Crippen LogP contribution is 2.36. The molecule has 1 aliphatic rings. The first-order chi connectivity index (χ1) is 6.59. The van der Waals surface area contributed by atoms with Crippen LogP contribution in [-0.4, -0.2) is 12.5 Å². The molecule has 2 rings (SSSR count). The van der Waals surface area contributed by atoms with Crippen LogP contribution in [0.1, 0.15) is 6.42 Å². The number of halogens is 3. The van der Waals surface area contributed by atoms with Gasteiger partial charge in [-0.05, 0) is 12.1 Å². The number of carbonyl (C=O) groups is 1. The fourth-order valence-electron chi connectivity index (χ4n) is 1.29. The smallest absolute Gasteiger partial charge is 0.228 e. The molecule has 0 saturated carbocycles. The summed E-state index contributed by atoms with van der Waals surface area (Å²) in [6.45, 7) is 0.691.